The summed E-state index contributed by atoms with van der Waals surface area (Å²) in [4.78, 5) is 9.36. The zero-order valence-electron chi connectivity index (χ0n) is 12.6. The van der Waals surface area contributed by atoms with E-state index in [9.17, 15) is 0 Å². The summed E-state index contributed by atoms with van der Waals surface area (Å²) in [5, 5.41) is 3.39. The Morgan fingerprint density at radius 3 is 3.00 bits per heavy atom. The van der Waals surface area contributed by atoms with Gasteiger partial charge in [0.25, 0.3) is 0 Å². The second kappa shape index (κ2) is 6.22. The van der Waals surface area contributed by atoms with Crippen LogP contribution in [0.5, 0.6) is 5.75 Å². The van der Waals surface area contributed by atoms with Gasteiger partial charge in [-0.25, -0.2) is 9.97 Å². The van der Waals surface area contributed by atoms with Crippen molar-refractivity contribution in [3.8, 4) is 5.75 Å². The fourth-order valence-corrected chi connectivity index (χ4v) is 2.67. The number of nitrogens with zero attached hydrogens (tertiary/aromatic N) is 2. The molecule has 1 aliphatic heterocycles. The van der Waals surface area contributed by atoms with Gasteiger partial charge in [0.05, 0.1) is 11.6 Å². The maximum Gasteiger partial charge on any atom is 0.139 e. The molecule has 1 aliphatic rings. The summed E-state index contributed by atoms with van der Waals surface area (Å²) in [5.74, 6) is 1.97. The number of rotatable bonds is 5. The molecule has 2 aromatic rings. The van der Waals surface area contributed by atoms with Crippen molar-refractivity contribution < 1.29 is 4.74 Å². The predicted octanol–water partition coefficient (Wildman–Crippen LogP) is 2.81. The maximum absolute atomic E-state index is 5.75. The average Bonchev–Trinajstić information content (AvgIpc) is 2.91. The van der Waals surface area contributed by atoms with Crippen molar-refractivity contribution in [2.24, 2.45) is 0 Å². The first kappa shape index (κ1) is 14.0. The molecule has 0 aliphatic carbocycles. The highest BCUT2D eigenvalue weighted by molar-refractivity contribution is 5.42. The van der Waals surface area contributed by atoms with Crippen molar-refractivity contribution in [3.05, 3.63) is 53.1 Å². The molecule has 110 valence electrons. The Kier molecular flexibility index (Phi) is 4.15. The van der Waals surface area contributed by atoms with Crippen LogP contribution in [-0.4, -0.2) is 23.1 Å². The van der Waals surface area contributed by atoms with Gasteiger partial charge >= 0.3 is 0 Å². The number of fused-ring (bicyclic) bond motifs is 1. The lowest BCUT2D eigenvalue weighted by atomic mass is 10.0. The number of ether oxygens (including phenoxy) is 1. The summed E-state index contributed by atoms with van der Waals surface area (Å²) >= 11 is 0. The molecule has 4 heteroatoms. The number of benzene rings is 1. The SMILES string of the molecule is CCCNCc1cc(C)nc(C2COc3ccccc32)n1. The number of hydrogen-bond donors (Lipinski definition) is 1. The van der Waals surface area contributed by atoms with Crippen LogP contribution >= 0.6 is 0 Å². The molecule has 21 heavy (non-hydrogen) atoms. The zero-order valence-corrected chi connectivity index (χ0v) is 12.6. The Labute approximate surface area is 125 Å². The molecule has 3 rings (SSSR count). The highest BCUT2D eigenvalue weighted by Crippen LogP contribution is 2.36. The quantitative estimate of drug-likeness (QED) is 0.857. The van der Waals surface area contributed by atoms with Crippen LogP contribution in [0, 0.1) is 6.92 Å². The summed E-state index contributed by atoms with van der Waals surface area (Å²) in [5.41, 5.74) is 3.25. The Morgan fingerprint density at radius 1 is 1.29 bits per heavy atom. The molecule has 1 atom stereocenters. The highest BCUT2D eigenvalue weighted by Gasteiger charge is 2.27. The number of aromatic nitrogens is 2. The normalized spacial score (nSPS) is 16.6. The van der Waals surface area contributed by atoms with Crippen molar-refractivity contribution in [1.29, 1.82) is 0 Å². The van der Waals surface area contributed by atoms with E-state index in [1.165, 1.54) is 5.56 Å². The molecular formula is C17H21N3O. The fourth-order valence-electron chi connectivity index (χ4n) is 2.67. The summed E-state index contributed by atoms with van der Waals surface area (Å²) < 4.78 is 5.75. The Bertz CT molecular complexity index is 627. The molecule has 0 fully saturated rings. The number of para-hydroxylation sites is 1. The van der Waals surface area contributed by atoms with Crippen molar-refractivity contribution >= 4 is 0 Å². The van der Waals surface area contributed by atoms with Crippen LogP contribution < -0.4 is 10.1 Å². The molecule has 4 nitrogen and oxygen atoms in total. The molecule has 1 aromatic carbocycles. The van der Waals surface area contributed by atoms with Crippen molar-refractivity contribution in [2.75, 3.05) is 13.2 Å². The number of aryl methyl sites for hydroxylation is 1. The molecule has 0 spiro atoms. The maximum atomic E-state index is 5.75. The van der Waals surface area contributed by atoms with Crippen LogP contribution in [0.15, 0.2) is 30.3 Å². The van der Waals surface area contributed by atoms with Gasteiger partial charge in [-0.05, 0) is 32.0 Å². The van der Waals surface area contributed by atoms with Crippen LogP contribution in [-0.2, 0) is 6.54 Å². The molecule has 0 amide bonds. The van der Waals surface area contributed by atoms with Crippen LogP contribution in [0.3, 0.4) is 0 Å². The second-order valence-corrected chi connectivity index (χ2v) is 5.44. The van der Waals surface area contributed by atoms with E-state index >= 15 is 0 Å². The topological polar surface area (TPSA) is 47.0 Å². The lowest BCUT2D eigenvalue weighted by Gasteiger charge is -2.11. The van der Waals surface area contributed by atoms with Gasteiger partial charge in [0, 0.05) is 17.8 Å². The molecule has 1 aromatic heterocycles. The number of nitrogens with one attached hydrogen (secondary N) is 1. The van der Waals surface area contributed by atoms with Crippen LogP contribution in [0.25, 0.3) is 0 Å². The Hall–Kier alpha value is -1.94. The van der Waals surface area contributed by atoms with E-state index in [1.54, 1.807) is 0 Å². The van der Waals surface area contributed by atoms with Gasteiger partial charge in [0.15, 0.2) is 0 Å². The van der Waals surface area contributed by atoms with Gasteiger partial charge in [-0.1, -0.05) is 25.1 Å². The van der Waals surface area contributed by atoms with E-state index in [1.807, 2.05) is 31.2 Å². The summed E-state index contributed by atoms with van der Waals surface area (Å²) in [6, 6.07) is 10.2. The number of hydrogen-bond acceptors (Lipinski definition) is 4. The molecular weight excluding hydrogens is 262 g/mol. The van der Waals surface area contributed by atoms with Crippen LogP contribution in [0.1, 0.15) is 42.0 Å². The average molecular weight is 283 g/mol. The van der Waals surface area contributed by atoms with Crippen LogP contribution in [0.4, 0.5) is 0 Å². The van der Waals surface area contributed by atoms with Gasteiger partial charge in [-0.2, -0.15) is 0 Å². The molecule has 2 heterocycles. The minimum Gasteiger partial charge on any atom is -0.492 e. The lowest BCUT2D eigenvalue weighted by molar-refractivity contribution is 0.339. The van der Waals surface area contributed by atoms with Crippen molar-refractivity contribution in [3.63, 3.8) is 0 Å². The Morgan fingerprint density at radius 2 is 2.14 bits per heavy atom. The van der Waals surface area contributed by atoms with E-state index < -0.39 is 0 Å². The molecule has 0 bridgehead atoms. The minimum atomic E-state index is 0.144. The van der Waals surface area contributed by atoms with Gasteiger partial charge < -0.3 is 10.1 Å². The lowest BCUT2D eigenvalue weighted by Crippen LogP contribution is -2.17. The third-order valence-corrected chi connectivity index (χ3v) is 3.67. The van der Waals surface area contributed by atoms with Gasteiger partial charge in [0.2, 0.25) is 0 Å². The van der Waals surface area contributed by atoms with Gasteiger partial charge in [-0.15, -0.1) is 0 Å². The standard InChI is InChI=1S/C17H21N3O/c1-3-8-18-10-13-9-12(2)19-17(20-13)15-11-21-16-7-5-4-6-14(15)16/h4-7,9,15,18H,3,8,10-11H2,1-2H3. The summed E-state index contributed by atoms with van der Waals surface area (Å²) in [7, 11) is 0. The Balaban J connectivity index is 1.86. The third kappa shape index (κ3) is 3.05. The fraction of sp³-hybridized carbons (Fsp3) is 0.412. The van der Waals surface area contributed by atoms with E-state index in [0.717, 1.165) is 42.5 Å². The summed E-state index contributed by atoms with van der Waals surface area (Å²) in [6.45, 7) is 6.62. The molecule has 0 saturated carbocycles. The molecule has 1 unspecified atom stereocenters. The largest absolute Gasteiger partial charge is 0.492 e. The van der Waals surface area contributed by atoms with E-state index in [0.29, 0.717) is 6.61 Å². The smallest absolute Gasteiger partial charge is 0.139 e. The molecule has 1 N–H and O–H groups in total. The minimum absolute atomic E-state index is 0.144. The highest BCUT2D eigenvalue weighted by atomic mass is 16.5. The van der Waals surface area contributed by atoms with Crippen molar-refractivity contribution in [1.82, 2.24) is 15.3 Å². The van der Waals surface area contributed by atoms with Gasteiger partial charge in [-0.3, -0.25) is 0 Å². The van der Waals surface area contributed by atoms with Crippen LogP contribution in [0.2, 0.25) is 0 Å². The monoisotopic (exact) mass is 283 g/mol. The first-order valence-corrected chi connectivity index (χ1v) is 7.55. The van der Waals surface area contributed by atoms with E-state index in [2.05, 4.69) is 23.3 Å². The molecule has 0 saturated heterocycles. The third-order valence-electron chi connectivity index (χ3n) is 3.67. The first-order chi connectivity index (χ1) is 10.3. The van der Waals surface area contributed by atoms with E-state index in [-0.39, 0.29) is 5.92 Å². The molecule has 0 radical (unpaired) electrons. The van der Waals surface area contributed by atoms with Crippen molar-refractivity contribution in [2.45, 2.75) is 32.7 Å². The van der Waals surface area contributed by atoms with Gasteiger partial charge in [0.1, 0.15) is 18.2 Å². The predicted molar refractivity (Wildman–Crippen MR) is 82.5 cm³/mol. The van der Waals surface area contributed by atoms with E-state index in [4.69, 9.17) is 9.72 Å². The summed E-state index contributed by atoms with van der Waals surface area (Å²) in [6.07, 6.45) is 1.13. The first-order valence-electron chi connectivity index (χ1n) is 7.55. The zero-order chi connectivity index (χ0) is 14.7. The second-order valence-electron chi connectivity index (χ2n) is 5.44.